The summed E-state index contributed by atoms with van der Waals surface area (Å²) >= 11 is 16.4. The molecule has 34 heavy (non-hydrogen) atoms. The van der Waals surface area contributed by atoms with E-state index < -0.39 is 29.9 Å². The predicted molar refractivity (Wildman–Crippen MR) is 136 cm³/mol. The summed E-state index contributed by atoms with van der Waals surface area (Å²) in [5.41, 5.74) is 2.52. The van der Waals surface area contributed by atoms with Gasteiger partial charge in [-0.05, 0) is 41.1 Å². The summed E-state index contributed by atoms with van der Waals surface area (Å²) < 4.78 is 7.47. The molecule has 0 saturated carbocycles. The van der Waals surface area contributed by atoms with E-state index in [0.29, 0.717) is 18.6 Å². The van der Waals surface area contributed by atoms with E-state index in [9.17, 15) is 14.4 Å². The molecule has 14 heteroatoms. The number of ether oxygens (including phenoxy) is 1. The molecule has 2 unspecified atom stereocenters. The molecule has 1 aliphatic carbocycles. The molecule has 2 heterocycles. The number of nitrogens with zero attached hydrogens (tertiary/aromatic N) is 4. The van der Waals surface area contributed by atoms with Crippen LogP contribution in [0.1, 0.15) is 17.4 Å². The molecule has 180 valence electrons. The smallest absolute Gasteiger partial charge is 0.425 e. The van der Waals surface area contributed by atoms with Crippen molar-refractivity contribution in [2.45, 2.75) is 13.0 Å². The summed E-state index contributed by atoms with van der Waals surface area (Å²) in [6.07, 6.45) is 4.11. The van der Waals surface area contributed by atoms with Crippen molar-refractivity contribution >= 4 is 77.3 Å². The quantitative estimate of drug-likeness (QED) is 0.460. The number of halogens is 4. The number of carbonyl (C=O) groups excluding carboxylic acids is 3. The minimum atomic E-state index is -0.854. The van der Waals surface area contributed by atoms with Crippen LogP contribution in [0.3, 0.4) is 0 Å². The minimum absolute atomic E-state index is 0.146. The van der Waals surface area contributed by atoms with Crippen molar-refractivity contribution < 1.29 is 19.1 Å². The maximum atomic E-state index is 13.3. The fourth-order valence-corrected chi connectivity index (χ4v) is 5.19. The van der Waals surface area contributed by atoms with Gasteiger partial charge in [0.15, 0.2) is 5.82 Å². The van der Waals surface area contributed by atoms with Crippen molar-refractivity contribution in [3.63, 3.8) is 0 Å². The largest absolute Gasteiger partial charge is 0.452 e. The summed E-state index contributed by atoms with van der Waals surface area (Å²) in [7, 11) is 1.20. The second kappa shape index (κ2) is 11.5. The van der Waals surface area contributed by atoms with Gasteiger partial charge in [0.25, 0.3) is 5.91 Å². The van der Waals surface area contributed by atoms with Crippen molar-refractivity contribution in [1.82, 2.24) is 30.5 Å². The first-order valence-corrected chi connectivity index (χ1v) is 12.5. The van der Waals surface area contributed by atoms with Crippen molar-refractivity contribution in [2.24, 2.45) is 5.92 Å². The third-order valence-corrected chi connectivity index (χ3v) is 6.59. The zero-order chi connectivity index (χ0) is 25.0. The summed E-state index contributed by atoms with van der Waals surface area (Å²) in [5, 5.41) is 8.55. The number of nitrogens with one attached hydrogen (secondary N) is 2. The fraction of sp³-hybridized carbons (Fsp3) is 0.250. The molecule has 0 aliphatic heterocycles. The summed E-state index contributed by atoms with van der Waals surface area (Å²) in [6, 6.07) is 4.03. The van der Waals surface area contributed by atoms with Crippen LogP contribution in [0.2, 0.25) is 5.02 Å². The molecule has 3 amide bonds. The van der Waals surface area contributed by atoms with Crippen molar-refractivity contribution in [3.8, 4) is 5.82 Å². The van der Waals surface area contributed by atoms with Gasteiger partial charge in [0.05, 0.1) is 24.1 Å². The molecule has 2 atom stereocenters. The van der Waals surface area contributed by atoms with Crippen molar-refractivity contribution in [2.75, 3.05) is 13.7 Å². The van der Waals surface area contributed by atoms with Gasteiger partial charge in [-0.2, -0.15) is 5.10 Å². The van der Waals surface area contributed by atoms with Gasteiger partial charge < -0.3 is 10.1 Å². The number of hydrazine groups is 1. The third-order valence-electron chi connectivity index (χ3n) is 4.69. The molecule has 0 radical (unpaired) electrons. The zero-order valence-corrected chi connectivity index (χ0v) is 23.3. The van der Waals surface area contributed by atoms with E-state index in [1.165, 1.54) is 24.1 Å². The number of amides is 3. The number of pyridine rings is 1. The molecule has 0 aromatic carbocycles. The number of aromatic nitrogens is 3. The molecule has 3 rings (SSSR count). The van der Waals surface area contributed by atoms with Crippen LogP contribution in [0, 0.1) is 5.92 Å². The van der Waals surface area contributed by atoms with Crippen LogP contribution in [0.5, 0.6) is 0 Å². The molecule has 0 spiro atoms. The van der Waals surface area contributed by atoms with Crippen LogP contribution in [0.4, 0.5) is 4.79 Å². The van der Waals surface area contributed by atoms with Crippen LogP contribution in [-0.2, 0) is 9.53 Å². The molecular weight excluding hydrogens is 663 g/mol. The Morgan fingerprint density at radius 3 is 2.68 bits per heavy atom. The molecular formula is C20H18Br3ClN6O4. The molecule has 1 aliphatic rings. The average Bonchev–Trinajstić information content (AvgIpc) is 3.20. The Hall–Kier alpha value is -2.22. The van der Waals surface area contributed by atoms with Gasteiger partial charge in [0.1, 0.15) is 10.3 Å². The van der Waals surface area contributed by atoms with E-state index in [1.54, 1.807) is 31.2 Å². The Balaban J connectivity index is 1.92. The highest BCUT2D eigenvalue weighted by Crippen LogP contribution is 2.31. The number of hydrogen-bond donors (Lipinski definition) is 2. The second-order valence-corrected chi connectivity index (χ2v) is 9.87. The van der Waals surface area contributed by atoms with E-state index in [0.717, 1.165) is 5.01 Å². The Morgan fingerprint density at radius 2 is 2.03 bits per heavy atom. The number of carbonyl (C=O) groups is 3. The third kappa shape index (κ3) is 5.88. The summed E-state index contributed by atoms with van der Waals surface area (Å²) in [4.78, 5) is 42.5. The molecule has 2 aromatic rings. The predicted octanol–water partition coefficient (Wildman–Crippen LogP) is 4.09. The highest BCUT2D eigenvalue weighted by atomic mass is 79.9. The van der Waals surface area contributed by atoms with Crippen LogP contribution in [0.15, 0.2) is 50.1 Å². The van der Waals surface area contributed by atoms with Gasteiger partial charge in [-0.15, -0.1) is 0 Å². The van der Waals surface area contributed by atoms with E-state index in [1.807, 2.05) is 0 Å². The lowest BCUT2D eigenvalue weighted by atomic mass is 9.93. The molecule has 10 nitrogen and oxygen atoms in total. The standard InChI is InChI=1S/C20H18Br3ClN6O4/c1-3-29(28-20(33)34-2)19(32)11-7-10(21)8-12(22)16(11)26-18(31)14-9-15(23)27-30(14)17-13(24)5-4-6-25-17/h4-9,11,16H,3H2,1-2H3,(H,26,31)(H,28,33). The first kappa shape index (κ1) is 26.4. The molecule has 0 saturated heterocycles. The topological polar surface area (TPSA) is 118 Å². The maximum absolute atomic E-state index is 13.3. The number of rotatable bonds is 5. The van der Waals surface area contributed by atoms with E-state index in [4.69, 9.17) is 11.6 Å². The second-order valence-electron chi connectivity index (χ2n) is 6.82. The Labute approximate surface area is 225 Å². The highest BCUT2D eigenvalue weighted by Gasteiger charge is 2.36. The van der Waals surface area contributed by atoms with Gasteiger partial charge in [-0.1, -0.05) is 49.5 Å². The molecule has 0 bridgehead atoms. The Bertz CT molecular complexity index is 1180. The van der Waals surface area contributed by atoms with E-state index in [2.05, 4.69) is 73.4 Å². The zero-order valence-electron chi connectivity index (χ0n) is 17.8. The molecule has 2 aromatic heterocycles. The normalized spacial score (nSPS) is 17.4. The Kier molecular flexibility index (Phi) is 8.90. The first-order chi connectivity index (χ1) is 16.2. The molecule has 2 N–H and O–H groups in total. The van der Waals surface area contributed by atoms with Crippen LogP contribution in [-0.4, -0.2) is 57.4 Å². The summed E-state index contributed by atoms with van der Waals surface area (Å²) in [5.74, 6) is -1.56. The number of hydrogen-bond acceptors (Lipinski definition) is 6. The minimum Gasteiger partial charge on any atom is -0.452 e. The lowest BCUT2D eigenvalue weighted by Gasteiger charge is -2.32. The van der Waals surface area contributed by atoms with E-state index >= 15 is 0 Å². The van der Waals surface area contributed by atoms with Gasteiger partial charge >= 0.3 is 6.09 Å². The van der Waals surface area contributed by atoms with Crippen LogP contribution >= 0.6 is 59.4 Å². The average molecular weight is 682 g/mol. The first-order valence-electron chi connectivity index (χ1n) is 9.74. The van der Waals surface area contributed by atoms with Gasteiger partial charge in [-0.25, -0.2) is 19.9 Å². The SMILES string of the molecule is CCN(NC(=O)OC)C(=O)C1C=C(Br)C=C(Br)C1NC(=O)c1cc(Br)nn1-c1ncccc1Cl. The van der Waals surface area contributed by atoms with Gasteiger partial charge in [0, 0.05) is 27.8 Å². The van der Waals surface area contributed by atoms with Crippen molar-refractivity contribution in [3.05, 3.63) is 60.8 Å². The summed E-state index contributed by atoms with van der Waals surface area (Å²) in [6.45, 7) is 1.87. The number of allylic oxidation sites excluding steroid dienone is 2. The van der Waals surface area contributed by atoms with Crippen LogP contribution in [0.25, 0.3) is 5.82 Å². The maximum Gasteiger partial charge on any atom is 0.425 e. The highest BCUT2D eigenvalue weighted by molar-refractivity contribution is 9.12. The lowest BCUT2D eigenvalue weighted by Crippen LogP contribution is -2.53. The lowest BCUT2D eigenvalue weighted by molar-refractivity contribution is -0.137. The van der Waals surface area contributed by atoms with E-state index in [-0.39, 0.29) is 18.1 Å². The number of methoxy groups -OCH3 is 1. The molecule has 0 fully saturated rings. The van der Waals surface area contributed by atoms with Gasteiger partial charge in [0.2, 0.25) is 5.91 Å². The van der Waals surface area contributed by atoms with Crippen molar-refractivity contribution in [1.29, 1.82) is 0 Å². The monoisotopic (exact) mass is 678 g/mol. The Morgan fingerprint density at radius 1 is 1.29 bits per heavy atom. The van der Waals surface area contributed by atoms with Gasteiger partial charge in [-0.3, -0.25) is 14.6 Å². The fourth-order valence-electron chi connectivity index (χ4n) is 3.13. The van der Waals surface area contributed by atoms with Crippen LogP contribution < -0.4 is 10.7 Å².